The lowest BCUT2D eigenvalue weighted by Crippen LogP contribution is -2.52. The third kappa shape index (κ3) is 5.28. The summed E-state index contributed by atoms with van der Waals surface area (Å²) in [6.45, 7) is 0.586. The van der Waals surface area contributed by atoms with Crippen LogP contribution in [0, 0.1) is 5.92 Å². The molecule has 32 heavy (non-hydrogen) atoms. The van der Waals surface area contributed by atoms with Gasteiger partial charge >= 0.3 is 5.97 Å². The van der Waals surface area contributed by atoms with Crippen molar-refractivity contribution in [1.82, 2.24) is 4.90 Å². The minimum absolute atomic E-state index is 0.267. The zero-order chi connectivity index (χ0) is 22.7. The van der Waals surface area contributed by atoms with Crippen LogP contribution in [0.1, 0.15) is 61.8 Å². The molecular formula is C25H27Cl2NO4. The van der Waals surface area contributed by atoms with Crippen LogP contribution in [-0.4, -0.2) is 34.5 Å². The van der Waals surface area contributed by atoms with Gasteiger partial charge in [-0.25, -0.2) is 0 Å². The van der Waals surface area contributed by atoms with Gasteiger partial charge in [0.25, 0.3) is 5.91 Å². The van der Waals surface area contributed by atoms with Gasteiger partial charge in [0.15, 0.2) is 0 Å². The molecule has 3 atom stereocenters. The van der Waals surface area contributed by atoms with E-state index in [-0.39, 0.29) is 12.3 Å². The maximum absolute atomic E-state index is 13.5. The summed E-state index contributed by atoms with van der Waals surface area (Å²) >= 11 is 12.4. The first kappa shape index (κ1) is 23.1. The van der Waals surface area contributed by atoms with Crippen LogP contribution in [0.15, 0.2) is 48.5 Å². The van der Waals surface area contributed by atoms with E-state index < -0.39 is 24.2 Å². The average molecular weight is 476 g/mol. The molecule has 2 aromatic carbocycles. The molecule has 0 spiro atoms. The fourth-order valence-corrected chi connectivity index (χ4v) is 5.22. The van der Waals surface area contributed by atoms with E-state index in [9.17, 15) is 14.7 Å². The predicted molar refractivity (Wildman–Crippen MR) is 124 cm³/mol. The van der Waals surface area contributed by atoms with E-state index in [4.69, 9.17) is 27.9 Å². The van der Waals surface area contributed by atoms with Gasteiger partial charge in [0.05, 0.1) is 12.5 Å². The van der Waals surface area contributed by atoms with Gasteiger partial charge in [-0.2, -0.15) is 0 Å². The number of amides is 1. The van der Waals surface area contributed by atoms with Crippen molar-refractivity contribution < 1.29 is 19.4 Å². The Morgan fingerprint density at radius 3 is 2.38 bits per heavy atom. The van der Waals surface area contributed by atoms with Crippen molar-refractivity contribution in [1.29, 1.82) is 0 Å². The number of halogens is 2. The zero-order valence-electron chi connectivity index (χ0n) is 17.8. The van der Waals surface area contributed by atoms with Crippen LogP contribution in [-0.2, 0) is 14.3 Å². The standard InChI is InChI=1S/C25H27Cl2NO4/c26-19-11-9-17(10-12-19)23-24(18-7-4-8-20(27)13-18)32-21(14-22(29)30)25(31)28(23)15-16-5-2-1-3-6-16/h4,7-13,16,21,23-24H,1-3,5-6,14-15H2,(H,29,30)/t21-,23+,24-/m0/s1. The summed E-state index contributed by atoms with van der Waals surface area (Å²) in [6, 6.07) is 14.4. The van der Waals surface area contributed by atoms with Crippen LogP contribution in [0.25, 0.3) is 0 Å². The second kappa shape index (κ2) is 10.2. The fourth-order valence-electron chi connectivity index (χ4n) is 4.90. The monoisotopic (exact) mass is 475 g/mol. The molecule has 5 nitrogen and oxygen atoms in total. The molecule has 0 unspecified atom stereocenters. The molecule has 0 aromatic heterocycles. The molecule has 0 radical (unpaired) electrons. The van der Waals surface area contributed by atoms with Crippen LogP contribution >= 0.6 is 23.2 Å². The summed E-state index contributed by atoms with van der Waals surface area (Å²) in [7, 11) is 0. The lowest BCUT2D eigenvalue weighted by molar-refractivity contribution is -0.180. The highest BCUT2D eigenvalue weighted by molar-refractivity contribution is 6.30. The lowest BCUT2D eigenvalue weighted by atomic mass is 9.86. The number of morpholine rings is 1. The van der Waals surface area contributed by atoms with Crippen molar-refractivity contribution in [2.45, 2.75) is 56.8 Å². The van der Waals surface area contributed by atoms with Crippen molar-refractivity contribution in [3.8, 4) is 0 Å². The molecule has 2 fully saturated rings. The second-order valence-corrected chi connectivity index (χ2v) is 9.56. The van der Waals surface area contributed by atoms with Gasteiger partial charge in [0, 0.05) is 16.6 Å². The molecule has 7 heteroatoms. The number of benzene rings is 2. The Balaban J connectivity index is 1.77. The highest BCUT2D eigenvalue weighted by Crippen LogP contribution is 2.44. The van der Waals surface area contributed by atoms with Gasteiger partial charge in [-0.15, -0.1) is 0 Å². The molecule has 2 aliphatic rings. The maximum Gasteiger partial charge on any atom is 0.306 e. The summed E-state index contributed by atoms with van der Waals surface area (Å²) in [5.41, 5.74) is 1.71. The van der Waals surface area contributed by atoms with Crippen LogP contribution in [0.3, 0.4) is 0 Å². The largest absolute Gasteiger partial charge is 0.481 e. The van der Waals surface area contributed by atoms with Crippen molar-refractivity contribution >= 4 is 35.1 Å². The third-order valence-corrected chi connectivity index (χ3v) is 6.91. The van der Waals surface area contributed by atoms with E-state index in [2.05, 4.69) is 0 Å². The van der Waals surface area contributed by atoms with Gasteiger partial charge in [0.1, 0.15) is 12.2 Å². The first-order valence-electron chi connectivity index (χ1n) is 11.1. The highest BCUT2D eigenvalue weighted by Gasteiger charge is 2.45. The Labute approximate surface area is 198 Å². The van der Waals surface area contributed by atoms with Crippen molar-refractivity contribution in [2.24, 2.45) is 5.92 Å². The van der Waals surface area contributed by atoms with Gasteiger partial charge < -0.3 is 14.7 Å². The normalized spacial score (nSPS) is 24.5. The molecule has 2 aromatic rings. The summed E-state index contributed by atoms with van der Waals surface area (Å²) in [5, 5.41) is 10.6. The molecule has 0 bridgehead atoms. The maximum atomic E-state index is 13.5. The van der Waals surface area contributed by atoms with Crippen molar-refractivity contribution in [3.05, 3.63) is 69.7 Å². The first-order valence-corrected chi connectivity index (χ1v) is 11.9. The lowest BCUT2D eigenvalue weighted by Gasteiger charge is -2.46. The van der Waals surface area contributed by atoms with E-state index in [1.54, 1.807) is 18.2 Å². The molecule has 1 aliphatic carbocycles. The van der Waals surface area contributed by atoms with E-state index in [0.29, 0.717) is 22.5 Å². The molecule has 1 aliphatic heterocycles. The van der Waals surface area contributed by atoms with E-state index in [1.165, 1.54) is 6.42 Å². The van der Waals surface area contributed by atoms with Gasteiger partial charge in [-0.05, 0) is 54.2 Å². The number of ether oxygens (including phenoxy) is 1. The molecule has 4 rings (SSSR count). The van der Waals surface area contributed by atoms with Crippen LogP contribution in [0.5, 0.6) is 0 Å². The number of carbonyl (C=O) groups excluding carboxylic acids is 1. The minimum Gasteiger partial charge on any atom is -0.481 e. The van der Waals surface area contributed by atoms with E-state index >= 15 is 0 Å². The van der Waals surface area contributed by atoms with Gasteiger partial charge in [-0.3, -0.25) is 9.59 Å². The molecule has 1 heterocycles. The summed E-state index contributed by atoms with van der Waals surface area (Å²) in [4.78, 5) is 26.9. The summed E-state index contributed by atoms with van der Waals surface area (Å²) in [5.74, 6) is -0.932. The molecule has 1 amide bonds. The fraction of sp³-hybridized carbons (Fsp3) is 0.440. The zero-order valence-corrected chi connectivity index (χ0v) is 19.3. The number of carbonyl (C=O) groups is 2. The minimum atomic E-state index is -1.06. The number of rotatable bonds is 6. The number of aliphatic carboxylic acids is 1. The summed E-state index contributed by atoms with van der Waals surface area (Å²) in [6.07, 6.45) is 3.73. The van der Waals surface area contributed by atoms with Crippen LogP contribution in [0.2, 0.25) is 10.0 Å². The average Bonchev–Trinajstić information content (AvgIpc) is 2.77. The second-order valence-electron chi connectivity index (χ2n) is 8.69. The Kier molecular flexibility index (Phi) is 7.39. The molecule has 1 saturated carbocycles. The highest BCUT2D eigenvalue weighted by atomic mass is 35.5. The number of hydrogen-bond donors (Lipinski definition) is 1. The summed E-state index contributed by atoms with van der Waals surface area (Å²) < 4.78 is 6.20. The Morgan fingerprint density at radius 2 is 1.72 bits per heavy atom. The molecule has 1 saturated heterocycles. The molecular weight excluding hydrogens is 449 g/mol. The molecule has 170 valence electrons. The molecule has 1 N–H and O–H groups in total. The Hall–Kier alpha value is -2.08. The first-order chi connectivity index (χ1) is 15.4. The number of carboxylic acid groups (broad SMARTS) is 1. The quantitative estimate of drug-likeness (QED) is 0.551. The van der Waals surface area contributed by atoms with Crippen LogP contribution in [0.4, 0.5) is 0 Å². The third-order valence-electron chi connectivity index (χ3n) is 6.42. The number of nitrogens with zero attached hydrogens (tertiary/aromatic N) is 1. The Bertz CT molecular complexity index is 959. The van der Waals surface area contributed by atoms with E-state index in [0.717, 1.165) is 36.8 Å². The van der Waals surface area contributed by atoms with E-state index in [1.807, 2.05) is 35.2 Å². The van der Waals surface area contributed by atoms with Crippen LogP contribution < -0.4 is 0 Å². The number of hydrogen-bond acceptors (Lipinski definition) is 3. The SMILES string of the molecule is O=C(O)C[C@@H]1O[C@@H](c2cccc(Cl)c2)[C@@H](c2ccc(Cl)cc2)N(CC2CCCCC2)C1=O. The number of carboxylic acids is 1. The topological polar surface area (TPSA) is 66.8 Å². The predicted octanol–water partition coefficient (Wildman–Crippen LogP) is 6.06. The Morgan fingerprint density at radius 1 is 1.00 bits per heavy atom. The smallest absolute Gasteiger partial charge is 0.306 e. The van der Waals surface area contributed by atoms with Crippen molar-refractivity contribution in [2.75, 3.05) is 6.54 Å². The van der Waals surface area contributed by atoms with Gasteiger partial charge in [0.2, 0.25) is 0 Å². The van der Waals surface area contributed by atoms with Gasteiger partial charge in [-0.1, -0.05) is 66.7 Å². The van der Waals surface area contributed by atoms with Crippen molar-refractivity contribution in [3.63, 3.8) is 0 Å².